The molecule has 0 aliphatic heterocycles. The average molecular weight is 390 g/mol. The fourth-order valence-corrected chi connectivity index (χ4v) is 4.93. The number of sulfonamides is 1. The van der Waals surface area contributed by atoms with Crippen LogP contribution in [0.4, 0.5) is 5.69 Å². The Bertz CT molecular complexity index is 1150. The first-order chi connectivity index (χ1) is 12.2. The van der Waals surface area contributed by atoms with E-state index < -0.39 is 20.0 Å². The van der Waals surface area contributed by atoms with Crippen LogP contribution in [-0.2, 0) is 20.0 Å². The molecule has 3 rings (SSSR count). The second-order valence-corrected chi connectivity index (χ2v) is 9.44. The Morgan fingerprint density at radius 1 is 0.846 bits per heavy atom. The normalized spacial score (nSPS) is 12.1. The molecular formula is C18H18N2O4S2. The molecule has 0 unspecified atom stereocenters. The lowest BCUT2D eigenvalue weighted by Gasteiger charge is -2.10. The van der Waals surface area contributed by atoms with Gasteiger partial charge in [0.2, 0.25) is 0 Å². The van der Waals surface area contributed by atoms with Gasteiger partial charge in [-0.2, -0.15) is 0 Å². The van der Waals surface area contributed by atoms with Crippen molar-refractivity contribution < 1.29 is 16.8 Å². The van der Waals surface area contributed by atoms with Crippen molar-refractivity contribution in [3.63, 3.8) is 0 Å². The van der Waals surface area contributed by atoms with Gasteiger partial charge in [-0.1, -0.05) is 35.9 Å². The number of aromatic nitrogens is 1. The highest BCUT2D eigenvalue weighted by Crippen LogP contribution is 2.22. The first-order valence-electron chi connectivity index (χ1n) is 7.79. The molecule has 0 fully saturated rings. The number of aryl methyl sites for hydroxylation is 2. The highest BCUT2D eigenvalue weighted by molar-refractivity contribution is 7.93. The number of nitrogens with zero attached hydrogens (tertiary/aromatic N) is 1. The van der Waals surface area contributed by atoms with Gasteiger partial charge in [-0.05, 0) is 43.7 Å². The van der Waals surface area contributed by atoms with Gasteiger partial charge in [0.05, 0.1) is 10.6 Å². The van der Waals surface area contributed by atoms with Crippen molar-refractivity contribution in [2.45, 2.75) is 23.6 Å². The van der Waals surface area contributed by atoms with Crippen molar-refractivity contribution in [2.75, 3.05) is 4.72 Å². The summed E-state index contributed by atoms with van der Waals surface area (Å²) in [4.78, 5) is -0.0427. The number of anilines is 1. The molecule has 0 radical (unpaired) electrons. The quantitative estimate of drug-likeness (QED) is 0.725. The molecule has 0 spiro atoms. The molecule has 0 atom stereocenters. The molecule has 0 aliphatic rings. The zero-order valence-electron chi connectivity index (χ0n) is 14.2. The van der Waals surface area contributed by atoms with Crippen LogP contribution in [0.3, 0.4) is 0 Å². The van der Waals surface area contributed by atoms with E-state index in [0.717, 1.165) is 21.3 Å². The van der Waals surface area contributed by atoms with Crippen LogP contribution >= 0.6 is 0 Å². The Labute approximate surface area is 153 Å². The molecule has 136 valence electrons. The van der Waals surface area contributed by atoms with Crippen LogP contribution in [0.25, 0.3) is 0 Å². The summed E-state index contributed by atoms with van der Waals surface area (Å²) in [6.45, 7) is 3.72. The smallest absolute Gasteiger partial charge is 0.267 e. The molecule has 0 amide bonds. The highest BCUT2D eigenvalue weighted by Gasteiger charge is 2.21. The minimum absolute atomic E-state index is 0.0851. The summed E-state index contributed by atoms with van der Waals surface area (Å²) in [5.41, 5.74) is 2.25. The van der Waals surface area contributed by atoms with Gasteiger partial charge in [-0.3, -0.25) is 4.72 Å². The first kappa shape index (κ1) is 18.2. The molecule has 0 saturated carbocycles. The van der Waals surface area contributed by atoms with Crippen LogP contribution in [0.1, 0.15) is 11.1 Å². The van der Waals surface area contributed by atoms with Gasteiger partial charge in [0.1, 0.15) is 4.90 Å². The summed E-state index contributed by atoms with van der Waals surface area (Å²) in [6, 6.07) is 14.4. The molecule has 0 bridgehead atoms. The summed E-state index contributed by atoms with van der Waals surface area (Å²) in [7, 11) is -7.75. The minimum atomic E-state index is -3.91. The van der Waals surface area contributed by atoms with E-state index >= 15 is 0 Å². The van der Waals surface area contributed by atoms with E-state index in [1.807, 2.05) is 13.0 Å². The third-order valence-corrected chi connectivity index (χ3v) is 6.90. The van der Waals surface area contributed by atoms with Crippen LogP contribution in [0.5, 0.6) is 0 Å². The van der Waals surface area contributed by atoms with Gasteiger partial charge >= 0.3 is 0 Å². The number of rotatable bonds is 5. The van der Waals surface area contributed by atoms with Crippen molar-refractivity contribution in [2.24, 2.45) is 0 Å². The Balaban J connectivity index is 1.94. The van der Waals surface area contributed by atoms with E-state index in [1.54, 1.807) is 37.3 Å². The van der Waals surface area contributed by atoms with E-state index in [1.165, 1.54) is 24.4 Å². The maximum atomic E-state index is 12.6. The van der Waals surface area contributed by atoms with E-state index in [2.05, 4.69) is 4.72 Å². The summed E-state index contributed by atoms with van der Waals surface area (Å²) in [5, 5.41) is 0. The Morgan fingerprint density at radius 3 is 2.19 bits per heavy atom. The molecule has 0 aliphatic carbocycles. The second kappa shape index (κ2) is 6.62. The number of benzene rings is 2. The first-order valence-corrected chi connectivity index (χ1v) is 10.7. The van der Waals surface area contributed by atoms with Gasteiger partial charge < -0.3 is 0 Å². The number of hydrogen-bond acceptors (Lipinski definition) is 4. The Kier molecular flexibility index (Phi) is 4.64. The molecule has 1 heterocycles. The van der Waals surface area contributed by atoms with Gasteiger partial charge in [-0.25, -0.2) is 20.8 Å². The fraction of sp³-hybridized carbons (Fsp3) is 0.111. The molecular weight excluding hydrogens is 372 g/mol. The molecule has 2 aromatic carbocycles. The van der Waals surface area contributed by atoms with Gasteiger partial charge in [0, 0.05) is 12.4 Å². The summed E-state index contributed by atoms with van der Waals surface area (Å²) < 4.78 is 53.7. The molecule has 0 saturated heterocycles. The summed E-state index contributed by atoms with van der Waals surface area (Å²) in [5.74, 6) is 0. The average Bonchev–Trinajstić information content (AvgIpc) is 3.10. The van der Waals surface area contributed by atoms with Crippen molar-refractivity contribution in [1.29, 1.82) is 0 Å². The molecule has 26 heavy (non-hydrogen) atoms. The fourth-order valence-electron chi connectivity index (χ4n) is 2.51. The number of hydrogen-bond donors (Lipinski definition) is 1. The monoisotopic (exact) mass is 390 g/mol. The van der Waals surface area contributed by atoms with E-state index in [9.17, 15) is 16.8 Å². The van der Waals surface area contributed by atoms with Crippen LogP contribution in [0.15, 0.2) is 76.8 Å². The molecule has 1 aromatic heterocycles. The van der Waals surface area contributed by atoms with Crippen molar-refractivity contribution in [3.8, 4) is 0 Å². The van der Waals surface area contributed by atoms with E-state index in [4.69, 9.17) is 0 Å². The lowest BCUT2D eigenvalue weighted by molar-refractivity contribution is 0.587. The Hall–Kier alpha value is -2.58. The maximum absolute atomic E-state index is 12.6. The zero-order valence-corrected chi connectivity index (χ0v) is 15.9. The van der Waals surface area contributed by atoms with E-state index in [0.29, 0.717) is 5.69 Å². The minimum Gasteiger partial charge on any atom is -0.279 e. The predicted molar refractivity (Wildman–Crippen MR) is 100 cm³/mol. The largest absolute Gasteiger partial charge is 0.279 e. The third-order valence-electron chi connectivity index (χ3n) is 3.90. The van der Waals surface area contributed by atoms with Gasteiger partial charge in [-0.15, -0.1) is 0 Å². The lowest BCUT2D eigenvalue weighted by atomic mass is 10.1. The van der Waals surface area contributed by atoms with Crippen molar-refractivity contribution in [1.82, 2.24) is 3.97 Å². The predicted octanol–water partition coefficient (Wildman–Crippen LogP) is 3.14. The van der Waals surface area contributed by atoms with Gasteiger partial charge in [0.25, 0.3) is 20.0 Å². The van der Waals surface area contributed by atoms with Gasteiger partial charge in [0.15, 0.2) is 0 Å². The summed E-state index contributed by atoms with van der Waals surface area (Å²) in [6.07, 6.45) is 2.31. The summed E-state index contributed by atoms with van der Waals surface area (Å²) >= 11 is 0. The lowest BCUT2D eigenvalue weighted by Crippen LogP contribution is -2.14. The van der Waals surface area contributed by atoms with Crippen molar-refractivity contribution >= 4 is 25.7 Å². The second-order valence-electron chi connectivity index (χ2n) is 5.92. The third kappa shape index (κ3) is 3.51. The van der Waals surface area contributed by atoms with E-state index in [-0.39, 0.29) is 9.79 Å². The molecule has 8 heteroatoms. The number of nitrogens with one attached hydrogen (secondary N) is 1. The van der Waals surface area contributed by atoms with Crippen LogP contribution < -0.4 is 4.72 Å². The highest BCUT2D eigenvalue weighted by atomic mass is 32.2. The van der Waals surface area contributed by atoms with Crippen LogP contribution in [-0.4, -0.2) is 20.8 Å². The Morgan fingerprint density at radius 2 is 1.54 bits per heavy atom. The molecule has 1 N–H and O–H groups in total. The molecule has 3 aromatic rings. The standard InChI is InChI=1S/C18H18N2O4S2/c1-14-8-9-18(15(2)12-14)19-25(21,22)17-10-11-20(13-17)26(23,24)16-6-4-3-5-7-16/h3-13,19H,1-2H3. The maximum Gasteiger partial charge on any atom is 0.267 e. The topological polar surface area (TPSA) is 85.2 Å². The zero-order chi connectivity index (χ0) is 18.9. The molecule has 6 nitrogen and oxygen atoms in total. The van der Waals surface area contributed by atoms with Crippen LogP contribution in [0, 0.1) is 13.8 Å². The SMILES string of the molecule is Cc1ccc(NS(=O)(=O)c2ccn(S(=O)(=O)c3ccccc3)c2)c(C)c1. The van der Waals surface area contributed by atoms with Crippen LogP contribution in [0.2, 0.25) is 0 Å². The van der Waals surface area contributed by atoms with Crippen molar-refractivity contribution in [3.05, 3.63) is 78.1 Å².